The van der Waals surface area contributed by atoms with E-state index in [0.29, 0.717) is 13.2 Å². The summed E-state index contributed by atoms with van der Waals surface area (Å²) in [6.45, 7) is 1.06. The number of nitrogens with zero attached hydrogens (tertiary/aromatic N) is 1. The number of amides is 1. The van der Waals surface area contributed by atoms with Gasteiger partial charge in [0.05, 0.1) is 0 Å². The number of likely N-dealkylation sites (N-methyl/N-ethyl adjacent to an activating group) is 1. The van der Waals surface area contributed by atoms with Gasteiger partial charge in [0.2, 0.25) is 0 Å². The first-order valence-corrected chi connectivity index (χ1v) is 11.0. The molecule has 0 saturated heterocycles. The fourth-order valence-electron chi connectivity index (χ4n) is 2.80. The standard InChI is InChI=1S/C14H27IN2O2S/c1-17(14(18)19-8-9-20-15)11-13(16)10-12-6-4-2-3-5-7-12/h12-13H,2-11,16H2,1H3. The molecule has 0 aromatic heterocycles. The number of hydrogen-bond acceptors (Lipinski definition) is 4. The first-order valence-electron chi connectivity index (χ1n) is 7.50. The van der Waals surface area contributed by atoms with Crippen molar-refractivity contribution < 1.29 is 9.53 Å². The van der Waals surface area contributed by atoms with E-state index in [2.05, 4.69) is 21.2 Å². The summed E-state index contributed by atoms with van der Waals surface area (Å²) in [5.41, 5.74) is 6.19. The number of carbonyl (C=O) groups is 1. The third-order valence-electron chi connectivity index (χ3n) is 3.82. The van der Waals surface area contributed by atoms with Crippen molar-refractivity contribution in [1.29, 1.82) is 0 Å². The molecule has 0 aromatic carbocycles. The Hall–Kier alpha value is 0.310. The van der Waals surface area contributed by atoms with Gasteiger partial charge in [0.25, 0.3) is 0 Å². The van der Waals surface area contributed by atoms with Crippen LogP contribution in [0.25, 0.3) is 0 Å². The first-order chi connectivity index (χ1) is 9.63. The van der Waals surface area contributed by atoms with Crippen LogP contribution < -0.4 is 5.73 Å². The van der Waals surface area contributed by atoms with Gasteiger partial charge < -0.3 is 15.4 Å². The average Bonchev–Trinajstić information content (AvgIpc) is 2.67. The van der Waals surface area contributed by atoms with E-state index in [1.807, 2.05) is 0 Å². The fraction of sp³-hybridized carbons (Fsp3) is 0.929. The van der Waals surface area contributed by atoms with Crippen LogP contribution in [0.2, 0.25) is 0 Å². The number of rotatable bonds is 7. The van der Waals surface area contributed by atoms with E-state index in [1.165, 1.54) is 38.5 Å². The summed E-state index contributed by atoms with van der Waals surface area (Å²) < 4.78 is 5.16. The predicted octanol–water partition coefficient (Wildman–Crippen LogP) is 3.83. The van der Waals surface area contributed by atoms with Crippen LogP contribution in [0.4, 0.5) is 4.79 Å². The van der Waals surface area contributed by atoms with E-state index < -0.39 is 0 Å². The van der Waals surface area contributed by atoms with Gasteiger partial charge >= 0.3 is 6.09 Å². The highest BCUT2D eigenvalue weighted by Gasteiger charge is 2.19. The van der Waals surface area contributed by atoms with Crippen molar-refractivity contribution >= 4 is 36.2 Å². The third-order valence-corrected chi connectivity index (χ3v) is 5.46. The number of halogens is 1. The molecule has 1 unspecified atom stereocenters. The van der Waals surface area contributed by atoms with Crippen molar-refractivity contribution in [3.63, 3.8) is 0 Å². The zero-order chi connectivity index (χ0) is 14.8. The molecule has 4 nitrogen and oxygen atoms in total. The van der Waals surface area contributed by atoms with Crippen molar-refractivity contribution in [2.45, 2.75) is 51.0 Å². The molecule has 1 amide bonds. The maximum atomic E-state index is 11.7. The van der Waals surface area contributed by atoms with E-state index in [-0.39, 0.29) is 12.1 Å². The lowest BCUT2D eigenvalue weighted by Crippen LogP contribution is -2.40. The lowest BCUT2D eigenvalue weighted by molar-refractivity contribution is 0.114. The maximum absolute atomic E-state index is 11.7. The number of ether oxygens (including phenoxy) is 1. The molecule has 2 N–H and O–H groups in total. The first kappa shape index (κ1) is 18.4. The summed E-state index contributed by atoms with van der Waals surface area (Å²) >= 11 is 2.20. The Bertz CT molecular complexity index is 274. The van der Waals surface area contributed by atoms with Crippen LogP contribution in [0, 0.1) is 5.92 Å². The van der Waals surface area contributed by atoms with Gasteiger partial charge in [-0.25, -0.2) is 4.79 Å². The quantitative estimate of drug-likeness (QED) is 0.391. The zero-order valence-electron chi connectivity index (χ0n) is 12.4. The molecule has 1 aliphatic rings. The van der Waals surface area contributed by atoms with Gasteiger partial charge in [-0.2, -0.15) is 0 Å². The topological polar surface area (TPSA) is 55.6 Å². The van der Waals surface area contributed by atoms with Crippen LogP contribution in [-0.2, 0) is 4.74 Å². The summed E-state index contributed by atoms with van der Waals surface area (Å²) in [4.78, 5) is 13.3. The Kier molecular flexibility index (Phi) is 10.1. The number of hydrogen-bond donors (Lipinski definition) is 1. The number of nitrogens with two attached hydrogens (primary N) is 1. The minimum atomic E-state index is -0.258. The lowest BCUT2D eigenvalue weighted by atomic mass is 9.93. The molecule has 118 valence electrons. The molecule has 0 spiro atoms. The van der Waals surface area contributed by atoms with Crippen molar-refractivity contribution in [3.8, 4) is 0 Å². The summed E-state index contributed by atoms with van der Waals surface area (Å²) in [5, 5.41) is 0. The summed E-state index contributed by atoms with van der Waals surface area (Å²) in [6.07, 6.45) is 8.78. The molecular formula is C14H27IN2O2S. The largest absolute Gasteiger partial charge is 0.449 e. The second-order valence-electron chi connectivity index (χ2n) is 5.66. The van der Waals surface area contributed by atoms with E-state index in [4.69, 9.17) is 10.5 Å². The highest BCUT2D eigenvalue weighted by molar-refractivity contribution is 14.2. The smallest absolute Gasteiger partial charge is 0.409 e. The van der Waals surface area contributed by atoms with Gasteiger partial charge in [-0.15, -0.1) is 0 Å². The molecule has 20 heavy (non-hydrogen) atoms. The maximum Gasteiger partial charge on any atom is 0.409 e. The molecule has 0 heterocycles. The molecule has 1 saturated carbocycles. The van der Waals surface area contributed by atoms with Crippen LogP contribution in [0.5, 0.6) is 0 Å². The van der Waals surface area contributed by atoms with Gasteiger partial charge in [0.1, 0.15) is 6.61 Å². The van der Waals surface area contributed by atoms with Crippen LogP contribution in [0.1, 0.15) is 44.9 Å². The van der Waals surface area contributed by atoms with Crippen LogP contribution in [-0.4, -0.2) is 43.0 Å². The summed E-state index contributed by atoms with van der Waals surface area (Å²) in [7, 11) is 3.41. The minimum absolute atomic E-state index is 0.0644. The Morgan fingerprint density at radius 2 is 2.05 bits per heavy atom. The Balaban J connectivity index is 2.22. The van der Waals surface area contributed by atoms with Gasteiger partial charge in [0.15, 0.2) is 0 Å². The highest BCUT2D eigenvalue weighted by atomic mass is 127. The fourth-order valence-corrected chi connectivity index (χ4v) is 3.48. The molecule has 1 fully saturated rings. The van der Waals surface area contributed by atoms with Gasteiger partial charge in [0, 0.05) is 25.4 Å². The Morgan fingerprint density at radius 3 is 2.65 bits per heavy atom. The number of carbonyl (C=O) groups excluding carboxylic acids is 1. The summed E-state index contributed by atoms with van der Waals surface area (Å²) in [6, 6.07) is 0.0644. The zero-order valence-corrected chi connectivity index (χ0v) is 15.3. The molecule has 0 radical (unpaired) electrons. The van der Waals surface area contributed by atoms with Gasteiger partial charge in [-0.3, -0.25) is 0 Å². The molecule has 1 aliphatic carbocycles. The molecule has 0 aliphatic heterocycles. The van der Waals surface area contributed by atoms with E-state index in [1.54, 1.807) is 20.9 Å². The normalized spacial score (nSPS) is 18.4. The predicted molar refractivity (Wildman–Crippen MR) is 94.2 cm³/mol. The lowest BCUT2D eigenvalue weighted by Gasteiger charge is -2.24. The molecule has 1 rings (SSSR count). The van der Waals surface area contributed by atoms with Crippen LogP contribution in [0.3, 0.4) is 0 Å². The minimum Gasteiger partial charge on any atom is -0.449 e. The molecule has 6 heteroatoms. The summed E-state index contributed by atoms with van der Waals surface area (Å²) in [5.74, 6) is 1.57. The van der Waals surface area contributed by atoms with Crippen molar-refractivity contribution in [3.05, 3.63) is 0 Å². The molecule has 1 atom stereocenters. The highest BCUT2D eigenvalue weighted by Crippen LogP contribution is 2.26. The van der Waals surface area contributed by atoms with Crippen LogP contribution >= 0.6 is 30.1 Å². The molecule has 0 aromatic rings. The Morgan fingerprint density at radius 1 is 1.40 bits per heavy atom. The monoisotopic (exact) mass is 414 g/mol. The second-order valence-corrected chi connectivity index (χ2v) is 8.16. The van der Waals surface area contributed by atoms with Crippen LogP contribution in [0.15, 0.2) is 0 Å². The van der Waals surface area contributed by atoms with Crippen molar-refractivity contribution in [2.75, 3.05) is 26.0 Å². The van der Waals surface area contributed by atoms with E-state index in [9.17, 15) is 4.79 Å². The van der Waals surface area contributed by atoms with E-state index in [0.717, 1.165) is 18.1 Å². The van der Waals surface area contributed by atoms with Gasteiger partial charge in [-0.05, 0) is 33.5 Å². The SMILES string of the molecule is CN(CC(N)CC1CCCCCC1)C(=O)OCCSI. The van der Waals surface area contributed by atoms with E-state index >= 15 is 0 Å². The molecular weight excluding hydrogens is 387 g/mol. The Labute approximate surface area is 139 Å². The molecule has 0 bridgehead atoms. The van der Waals surface area contributed by atoms with Crippen molar-refractivity contribution in [1.82, 2.24) is 4.90 Å². The third kappa shape index (κ3) is 7.93. The van der Waals surface area contributed by atoms with Crippen molar-refractivity contribution in [2.24, 2.45) is 11.7 Å². The second kappa shape index (κ2) is 11.0. The average molecular weight is 414 g/mol. The van der Waals surface area contributed by atoms with Gasteiger partial charge in [-0.1, -0.05) is 47.5 Å².